The van der Waals surface area contributed by atoms with Crippen LogP contribution in [0.2, 0.25) is 5.02 Å². The molecule has 1 aliphatic heterocycles. The van der Waals surface area contributed by atoms with Gasteiger partial charge in [0.2, 0.25) is 0 Å². The number of aliphatic hydroxyl groups is 2. The number of hydrogen-bond donors (Lipinski definition) is 4. The predicted molar refractivity (Wildman–Crippen MR) is 147 cm³/mol. The van der Waals surface area contributed by atoms with Crippen LogP contribution in [0, 0.1) is 11.8 Å². The molecule has 0 bridgehead atoms. The summed E-state index contributed by atoms with van der Waals surface area (Å²) >= 11 is 6.31. The Kier molecular flexibility index (Phi) is 11.8. The fourth-order valence-electron chi connectivity index (χ4n) is 6.26. The molecule has 1 heterocycles. The number of piperidine rings is 1. The van der Waals surface area contributed by atoms with Gasteiger partial charge < -0.3 is 25.7 Å². The zero-order valence-corrected chi connectivity index (χ0v) is 23.1. The van der Waals surface area contributed by atoms with Gasteiger partial charge in [-0.05, 0) is 69.7 Å². The van der Waals surface area contributed by atoms with Crippen LogP contribution in [0.1, 0.15) is 89.5 Å². The standard InChI is InChI=1S/C29H48ClN3O3/c1-22(34)10-6-7-16-29(36,24-13-8-15-26(30)19-24)25-14-9-17-33(21-25)28(35)32-27(20-31-2)18-23-11-4-3-5-12-23/h8,13,15,19,22-23,25,27,31,34,36H,3-7,9-12,14,16-18,20-21H2,1-2H3,(H,32,35)/t22?,25-,27+,29-/m1/s1. The van der Waals surface area contributed by atoms with Gasteiger partial charge in [-0.25, -0.2) is 4.79 Å². The Hall–Kier alpha value is -1.34. The number of nitrogens with zero attached hydrogens (tertiary/aromatic N) is 1. The minimum absolute atomic E-state index is 0.0155. The number of halogens is 1. The smallest absolute Gasteiger partial charge is 0.317 e. The van der Waals surface area contributed by atoms with Crippen LogP contribution in [0.25, 0.3) is 0 Å². The van der Waals surface area contributed by atoms with Gasteiger partial charge in [0, 0.05) is 36.6 Å². The van der Waals surface area contributed by atoms with Crippen LogP contribution in [-0.4, -0.2) is 60.0 Å². The van der Waals surface area contributed by atoms with Crippen molar-refractivity contribution in [3.63, 3.8) is 0 Å². The van der Waals surface area contributed by atoms with E-state index in [0.717, 1.165) is 50.6 Å². The topological polar surface area (TPSA) is 84.8 Å². The van der Waals surface area contributed by atoms with Crippen LogP contribution in [-0.2, 0) is 5.60 Å². The Morgan fingerprint density at radius 3 is 2.67 bits per heavy atom. The number of likely N-dealkylation sites (tertiary alicyclic amines) is 1. The fraction of sp³-hybridized carbons (Fsp3) is 0.759. The molecule has 2 fully saturated rings. The van der Waals surface area contributed by atoms with Gasteiger partial charge in [-0.1, -0.05) is 68.7 Å². The number of benzene rings is 1. The summed E-state index contributed by atoms with van der Waals surface area (Å²) in [6, 6.07) is 7.64. The molecule has 1 saturated carbocycles. The monoisotopic (exact) mass is 521 g/mol. The average molecular weight is 522 g/mol. The van der Waals surface area contributed by atoms with Crippen molar-refractivity contribution in [3.8, 4) is 0 Å². The van der Waals surface area contributed by atoms with Crippen molar-refractivity contribution in [2.75, 3.05) is 26.7 Å². The number of aliphatic hydroxyl groups excluding tert-OH is 1. The molecular weight excluding hydrogens is 474 g/mol. The number of carbonyl (C=O) groups excluding carboxylic acids is 1. The van der Waals surface area contributed by atoms with Crippen LogP contribution in [0.3, 0.4) is 0 Å². The minimum atomic E-state index is -1.06. The van der Waals surface area contributed by atoms with E-state index in [-0.39, 0.29) is 24.1 Å². The lowest BCUT2D eigenvalue weighted by molar-refractivity contribution is -0.0561. The Labute approximate surface area is 223 Å². The van der Waals surface area contributed by atoms with Crippen LogP contribution in [0.15, 0.2) is 24.3 Å². The highest BCUT2D eigenvalue weighted by molar-refractivity contribution is 6.30. The zero-order valence-electron chi connectivity index (χ0n) is 22.4. The number of unbranched alkanes of at least 4 members (excludes halogenated alkanes) is 1. The molecule has 36 heavy (non-hydrogen) atoms. The second-order valence-corrected chi connectivity index (χ2v) is 11.7. The molecule has 1 aromatic rings. The highest BCUT2D eigenvalue weighted by atomic mass is 35.5. The summed E-state index contributed by atoms with van der Waals surface area (Å²) in [6.45, 7) is 3.82. The molecule has 4 atom stereocenters. The number of rotatable bonds is 12. The Morgan fingerprint density at radius 2 is 1.97 bits per heavy atom. The Morgan fingerprint density at radius 1 is 1.19 bits per heavy atom. The first-order valence-electron chi connectivity index (χ1n) is 14.2. The highest BCUT2D eigenvalue weighted by Crippen LogP contribution is 2.40. The van der Waals surface area contributed by atoms with Crippen LogP contribution in [0.4, 0.5) is 4.79 Å². The van der Waals surface area contributed by atoms with E-state index in [4.69, 9.17) is 11.6 Å². The van der Waals surface area contributed by atoms with E-state index < -0.39 is 5.60 Å². The molecule has 1 aliphatic carbocycles. The molecule has 6 nitrogen and oxygen atoms in total. The van der Waals surface area contributed by atoms with E-state index in [1.54, 1.807) is 6.92 Å². The number of nitrogens with one attached hydrogen (secondary N) is 2. The number of carbonyl (C=O) groups is 1. The van der Waals surface area contributed by atoms with Crippen molar-refractivity contribution in [3.05, 3.63) is 34.9 Å². The molecule has 1 unspecified atom stereocenters. The van der Waals surface area contributed by atoms with E-state index >= 15 is 0 Å². The third-order valence-electron chi connectivity index (χ3n) is 8.26. The summed E-state index contributed by atoms with van der Waals surface area (Å²) in [5.41, 5.74) is -0.237. The number of urea groups is 1. The molecule has 204 valence electrons. The maximum absolute atomic E-state index is 13.4. The lowest BCUT2D eigenvalue weighted by Crippen LogP contribution is -2.54. The zero-order chi connectivity index (χ0) is 26.0. The quantitative estimate of drug-likeness (QED) is 0.276. The third kappa shape index (κ3) is 8.61. The van der Waals surface area contributed by atoms with Gasteiger partial charge in [0.25, 0.3) is 0 Å². The second kappa shape index (κ2) is 14.6. The van der Waals surface area contributed by atoms with Gasteiger partial charge in [-0.15, -0.1) is 0 Å². The van der Waals surface area contributed by atoms with Crippen molar-refractivity contribution in [1.29, 1.82) is 0 Å². The van der Waals surface area contributed by atoms with E-state index in [1.807, 2.05) is 36.2 Å². The minimum Gasteiger partial charge on any atom is -0.393 e. The molecular formula is C29H48ClN3O3. The fourth-order valence-corrected chi connectivity index (χ4v) is 6.45. The lowest BCUT2D eigenvalue weighted by Gasteiger charge is -2.43. The maximum atomic E-state index is 13.4. The number of likely N-dealkylation sites (N-methyl/N-ethyl adjacent to an activating group) is 1. The average Bonchev–Trinajstić information content (AvgIpc) is 2.87. The van der Waals surface area contributed by atoms with Crippen LogP contribution >= 0.6 is 11.6 Å². The molecule has 7 heteroatoms. The third-order valence-corrected chi connectivity index (χ3v) is 8.49. The molecule has 2 amide bonds. The molecule has 0 spiro atoms. The van der Waals surface area contributed by atoms with Crippen molar-refractivity contribution < 1.29 is 15.0 Å². The van der Waals surface area contributed by atoms with Gasteiger partial charge in [0.05, 0.1) is 11.7 Å². The highest BCUT2D eigenvalue weighted by Gasteiger charge is 2.41. The first-order chi connectivity index (χ1) is 17.3. The Bertz CT molecular complexity index is 802. The van der Waals surface area contributed by atoms with Gasteiger partial charge in [0.1, 0.15) is 0 Å². The van der Waals surface area contributed by atoms with Gasteiger partial charge in [0.15, 0.2) is 0 Å². The molecule has 1 aromatic carbocycles. The molecule has 1 saturated heterocycles. The molecule has 4 N–H and O–H groups in total. The largest absolute Gasteiger partial charge is 0.393 e. The van der Waals surface area contributed by atoms with E-state index in [9.17, 15) is 15.0 Å². The van der Waals surface area contributed by atoms with E-state index in [0.29, 0.717) is 30.5 Å². The first kappa shape index (κ1) is 29.2. The van der Waals surface area contributed by atoms with Crippen LogP contribution in [0.5, 0.6) is 0 Å². The second-order valence-electron chi connectivity index (χ2n) is 11.3. The molecule has 3 rings (SSSR count). The summed E-state index contributed by atoms with van der Waals surface area (Å²) in [5.74, 6) is 0.629. The van der Waals surface area contributed by atoms with Crippen molar-refractivity contribution >= 4 is 17.6 Å². The van der Waals surface area contributed by atoms with E-state index in [2.05, 4.69) is 10.6 Å². The molecule has 0 aromatic heterocycles. The summed E-state index contributed by atoms with van der Waals surface area (Å²) in [4.78, 5) is 15.3. The first-order valence-corrected chi connectivity index (χ1v) is 14.6. The predicted octanol–water partition coefficient (Wildman–Crippen LogP) is 5.45. The normalized spacial score (nSPS) is 22.6. The SMILES string of the molecule is CNC[C@H](CC1CCCCC1)NC(=O)N1CCC[C@@H]([C@@](O)(CCCCC(C)O)c2cccc(Cl)c2)C1. The van der Waals surface area contributed by atoms with Crippen molar-refractivity contribution in [1.82, 2.24) is 15.5 Å². The summed E-state index contributed by atoms with van der Waals surface area (Å²) in [5, 5.41) is 28.9. The van der Waals surface area contributed by atoms with Gasteiger partial charge >= 0.3 is 6.03 Å². The van der Waals surface area contributed by atoms with Crippen molar-refractivity contribution in [2.45, 2.75) is 102 Å². The summed E-state index contributed by atoms with van der Waals surface area (Å²) in [6.07, 6.45) is 11.9. The van der Waals surface area contributed by atoms with Gasteiger partial charge in [-0.3, -0.25) is 0 Å². The molecule has 2 aliphatic rings. The Balaban J connectivity index is 1.68. The van der Waals surface area contributed by atoms with Crippen LogP contribution < -0.4 is 10.6 Å². The van der Waals surface area contributed by atoms with Gasteiger partial charge in [-0.2, -0.15) is 0 Å². The number of hydrogen-bond acceptors (Lipinski definition) is 4. The van der Waals surface area contributed by atoms with E-state index in [1.165, 1.54) is 32.1 Å². The van der Waals surface area contributed by atoms with Crippen molar-refractivity contribution in [2.24, 2.45) is 11.8 Å². The summed E-state index contributed by atoms with van der Waals surface area (Å²) in [7, 11) is 1.94. The maximum Gasteiger partial charge on any atom is 0.317 e. The summed E-state index contributed by atoms with van der Waals surface area (Å²) < 4.78 is 0. The number of amides is 2. The lowest BCUT2D eigenvalue weighted by atomic mass is 9.74. The molecule has 0 radical (unpaired) electrons.